The van der Waals surface area contributed by atoms with Crippen LogP contribution in [0, 0.1) is 0 Å². The quantitative estimate of drug-likeness (QED) is 0.720. The van der Waals surface area contributed by atoms with E-state index in [-0.39, 0.29) is 11.7 Å². The Balaban J connectivity index is 1.26. The molecule has 1 aromatic heterocycles. The Morgan fingerprint density at radius 1 is 1.11 bits per heavy atom. The molecule has 1 amide bonds. The molecule has 2 aliphatic heterocycles. The summed E-state index contributed by atoms with van der Waals surface area (Å²) in [5.74, 6) is 1.91. The third kappa shape index (κ3) is 5.15. The van der Waals surface area contributed by atoms with Crippen molar-refractivity contribution in [3.63, 3.8) is 0 Å². The Morgan fingerprint density at radius 3 is 2.79 bits per heavy atom. The van der Waals surface area contributed by atoms with Gasteiger partial charge in [-0.1, -0.05) is 11.8 Å². The van der Waals surface area contributed by atoms with E-state index in [1.165, 1.54) is 11.8 Å². The summed E-state index contributed by atoms with van der Waals surface area (Å²) < 4.78 is 22.2. The van der Waals surface area contributed by atoms with Crippen LogP contribution in [0.5, 0.6) is 11.5 Å². The zero-order valence-corrected chi connectivity index (χ0v) is 16.2. The number of rotatable bonds is 6. The normalized spacial score (nSPS) is 17.1. The number of fused-ring (bicyclic) bond motifs is 1. The third-order valence-electron chi connectivity index (χ3n) is 4.27. The maximum atomic E-state index is 12.2. The van der Waals surface area contributed by atoms with Gasteiger partial charge in [-0.25, -0.2) is 0 Å². The second-order valence-electron chi connectivity index (χ2n) is 6.40. The minimum atomic E-state index is -0.160. The van der Waals surface area contributed by atoms with Gasteiger partial charge in [0.05, 0.1) is 38.7 Å². The molecule has 1 aromatic carbocycles. The van der Waals surface area contributed by atoms with E-state index in [1.54, 1.807) is 18.2 Å². The predicted octanol–water partition coefficient (Wildman–Crippen LogP) is 1.79. The highest BCUT2D eigenvalue weighted by atomic mass is 32.2. The van der Waals surface area contributed by atoms with Gasteiger partial charge in [0.25, 0.3) is 5.22 Å². The average Bonchev–Trinajstić information content (AvgIpc) is 3.02. The monoisotopic (exact) mass is 406 g/mol. The highest BCUT2D eigenvalue weighted by Gasteiger charge is 2.16. The lowest BCUT2D eigenvalue weighted by Gasteiger charge is -2.24. The summed E-state index contributed by atoms with van der Waals surface area (Å²) in [5, 5.41) is 11.3. The highest BCUT2D eigenvalue weighted by Crippen LogP contribution is 2.32. The largest absolute Gasteiger partial charge is 0.490 e. The first-order valence-corrected chi connectivity index (χ1v) is 10.2. The minimum Gasteiger partial charge on any atom is -0.490 e. The van der Waals surface area contributed by atoms with E-state index in [0.29, 0.717) is 48.1 Å². The number of carbonyl (C=O) groups excluding carboxylic acids is 1. The van der Waals surface area contributed by atoms with Gasteiger partial charge in [-0.3, -0.25) is 9.69 Å². The SMILES string of the molecule is O=C(CSc1nnc(CN2CCOCC2)o1)Nc1ccc2c(c1)OCCCO2. The molecule has 0 unspecified atom stereocenters. The predicted molar refractivity (Wildman–Crippen MR) is 102 cm³/mol. The molecule has 0 spiro atoms. The van der Waals surface area contributed by atoms with E-state index in [0.717, 1.165) is 32.7 Å². The molecular weight excluding hydrogens is 384 g/mol. The molecule has 2 aliphatic rings. The summed E-state index contributed by atoms with van der Waals surface area (Å²) in [4.78, 5) is 14.4. The number of thioether (sulfide) groups is 1. The van der Waals surface area contributed by atoms with Gasteiger partial charge in [0.1, 0.15) is 0 Å². The van der Waals surface area contributed by atoms with Gasteiger partial charge < -0.3 is 23.9 Å². The van der Waals surface area contributed by atoms with Crippen molar-refractivity contribution in [1.82, 2.24) is 15.1 Å². The molecule has 0 atom stereocenters. The van der Waals surface area contributed by atoms with E-state index in [2.05, 4.69) is 20.4 Å². The maximum Gasteiger partial charge on any atom is 0.277 e. The number of benzene rings is 1. The number of hydrogen-bond acceptors (Lipinski definition) is 9. The molecule has 0 aliphatic carbocycles. The van der Waals surface area contributed by atoms with Crippen LogP contribution in [0.4, 0.5) is 5.69 Å². The van der Waals surface area contributed by atoms with Crippen molar-refractivity contribution >= 4 is 23.4 Å². The van der Waals surface area contributed by atoms with Crippen LogP contribution >= 0.6 is 11.8 Å². The van der Waals surface area contributed by atoms with Crippen LogP contribution in [0.1, 0.15) is 12.3 Å². The number of amides is 1. The standard InChI is InChI=1S/C18H22N4O5S/c23-16(19-13-2-3-14-15(10-13)26-7-1-6-25-14)12-28-18-21-20-17(27-18)11-22-4-8-24-9-5-22/h2-3,10H,1,4-9,11-12H2,(H,19,23). The lowest BCUT2D eigenvalue weighted by atomic mass is 10.2. The Bertz CT molecular complexity index is 809. The summed E-state index contributed by atoms with van der Waals surface area (Å²) in [6.07, 6.45) is 0.838. The van der Waals surface area contributed by atoms with Crippen LogP contribution < -0.4 is 14.8 Å². The topological polar surface area (TPSA) is 99.0 Å². The number of nitrogens with zero attached hydrogens (tertiary/aromatic N) is 3. The Kier molecular flexibility index (Phi) is 6.30. The molecule has 28 heavy (non-hydrogen) atoms. The molecule has 3 heterocycles. The Hall–Kier alpha value is -2.30. The number of nitrogens with one attached hydrogen (secondary N) is 1. The van der Waals surface area contributed by atoms with Gasteiger partial charge in [0.15, 0.2) is 11.5 Å². The number of ether oxygens (including phenoxy) is 3. The molecule has 2 aromatic rings. The summed E-state index contributed by atoms with van der Waals surface area (Å²) in [6.45, 7) is 4.97. The number of aromatic nitrogens is 2. The van der Waals surface area contributed by atoms with Crippen molar-refractivity contribution in [1.29, 1.82) is 0 Å². The van der Waals surface area contributed by atoms with E-state index in [9.17, 15) is 4.79 Å². The van der Waals surface area contributed by atoms with E-state index < -0.39 is 0 Å². The van der Waals surface area contributed by atoms with Crippen LogP contribution in [0.15, 0.2) is 27.8 Å². The Labute approximate surface area is 166 Å². The first-order chi connectivity index (χ1) is 13.8. The zero-order valence-electron chi connectivity index (χ0n) is 15.4. The first-order valence-electron chi connectivity index (χ1n) is 9.21. The van der Waals surface area contributed by atoms with Crippen LogP contribution in [-0.2, 0) is 16.1 Å². The van der Waals surface area contributed by atoms with Crippen molar-refractivity contribution in [2.75, 3.05) is 50.6 Å². The van der Waals surface area contributed by atoms with Gasteiger partial charge in [-0.2, -0.15) is 0 Å². The number of hydrogen-bond donors (Lipinski definition) is 1. The fourth-order valence-electron chi connectivity index (χ4n) is 2.88. The summed E-state index contributed by atoms with van der Waals surface area (Å²) in [5.41, 5.74) is 0.661. The maximum absolute atomic E-state index is 12.2. The Morgan fingerprint density at radius 2 is 1.93 bits per heavy atom. The molecular formula is C18H22N4O5S. The summed E-state index contributed by atoms with van der Waals surface area (Å²) in [7, 11) is 0. The molecule has 0 saturated carbocycles. The van der Waals surface area contributed by atoms with Gasteiger partial charge >= 0.3 is 0 Å². The summed E-state index contributed by atoms with van der Waals surface area (Å²) in [6, 6.07) is 5.37. The fraction of sp³-hybridized carbons (Fsp3) is 0.500. The van der Waals surface area contributed by atoms with Crippen LogP contribution in [0.25, 0.3) is 0 Å². The second-order valence-corrected chi connectivity index (χ2v) is 7.33. The van der Waals surface area contributed by atoms with Gasteiger partial charge in [0.2, 0.25) is 11.8 Å². The molecule has 1 saturated heterocycles. The lowest BCUT2D eigenvalue weighted by Crippen LogP contribution is -2.35. The highest BCUT2D eigenvalue weighted by molar-refractivity contribution is 7.99. The molecule has 150 valence electrons. The molecule has 9 nitrogen and oxygen atoms in total. The van der Waals surface area contributed by atoms with Gasteiger partial charge in [-0.15, -0.1) is 10.2 Å². The van der Waals surface area contributed by atoms with Crippen molar-refractivity contribution in [2.24, 2.45) is 0 Å². The van der Waals surface area contributed by atoms with Gasteiger partial charge in [-0.05, 0) is 12.1 Å². The van der Waals surface area contributed by atoms with Crippen LogP contribution in [-0.4, -0.2) is 66.3 Å². The molecule has 4 rings (SSSR count). The minimum absolute atomic E-state index is 0.160. The third-order valence-corrected chi connectivity index (χ3v) is 5.09. The molecule has 1 fully saturated rings. The zero-order chi connectivity index (χ0) is 19.2. The van der Waals surface area contributed by atoms with Crippen LogP contribution in [0.3, 0.4) is 0 Å². The van der Waals surface area contributed by atoms with E-state index in [4.69, 9.17) is 18.6 Å². The van der Waals surface area contributed by atoms with Crippen LogP contribution in [0.2, 0.25) is 0 Å². The summed E-state index contributed by atoms with van der Waals surface area (Å²) >= 11 is 1.21. The molecule has 1 N–H and O–H groups in total. The van der Waals surface area contributed by atoms with E-state index >= 15 is 0 Å². The van der Waals surface area contributed by atoms with Crippen molar-refractivity contribution in [3.8, 4) is 11.5 Å². The lowest BCUT2D eigenvalue weighted by molar-refractivity contribution is -0.113. The van der Waals surface area contributed by atoms with Crippen molar-refractivity contribution in [2.45, 2.75) is 18.2 Å². The smallest absolute Gasteiger partial charge is 0.277 e. The fourth-order valence-corrected chi connectivity index (χ4v) is 3.46. The number of anilines is 1. The molecule has 0 bridgehead atoms. The second kappa shape index (κ2) is 9.26. The van der Waals surface area contributed by atoms with Crippen molar-refractivity contribution < 1.29 is 23.4 Å². The number of carbonyl (C=O) groups is 1. The van der Waals surface area contributed by atoms with Gasteiger partial charge in [0, 0.05) is 31.3 Å². The average molecular weight is 406 g/mol. The number of morpholine rings is 1. The van der Waals surface area contributed by atoms with Crippen molar-refractivity contribution in [3.05, 3.63) is 24.1 Å². The first kappa shape index (κ1) is 19.0. The molecule has 10 heteroatoms. The van der Waals surface area contributed by atoms with E-state index in [1.807, 2.05) is 0 Å². The molecule has 0 radical (unpaired) electrons.